The second-order valence-electron chi connectivity index (χ2n) is 19.0. The third kappa shape index (κ3) is 10.3. The van der Waals surface area contributed by atoms with E-state index in [1.165, 1.54) is 25.3 Å². The van der Waals surface area contributed by atoms with Gasteiger partial charge < -0.3 is 49.3 Å². The zero-order valence-electron chi connectivity index (χ0n) is 39.1. The Hall–Kier alpha value is -5.74. The zero-order valence-corrected chi connectivity index (χ0v) is 39.1. The SMILES string of the molecule is COC(=O)N[C@H](C(=O)N1C[C@@H]2C[C@H]1c1nc(-c3ccc(C4CCC(c5ccc(-c6cnc([C@@H]7CCCN7C(=O)[C@H](NC(=O)OC)C(C)C)[nH]6)cc5)CC4)cc3)c([nH]1)COCCCO2)C(C)C. The number of amides is 4. The molecule has 4 aliphatic rings. The van der Waals surface area contributed by atoms with Gasteiger partial charge in [-0.1, -0.05) is 76.2 Å². The summed E-state index contributed by atoms with van der Waals surface area (Å²) < 4.78 is 21.9. The molecule has 2 saturated heterocycles. The first-order chi connectivity index (χ1) is 31.9. The van der Waals surface area contributed by atoms with Gasteiger partial charge in [0.1, 0.15) is 23.7 Å². The number of imidazole rings is 2. The number of hydrogen-bond donors (Lipinski definition) is 4. The third-order valence-corrected chi connectivity index (χ3v) is 14.0. The van der Waals surface area contributed by atoms with Crippen LogP contribution in [0.1, 0.15) is 131 Å². The minimum atomic E-state index is -0.753. The van der Waals surface area contributed by atoms with E-state index in [0.717, 1.165) is 79.0 Å². The summed E-state index contributed by atoms with van der Waals surface area (Å²) in [6.45, 7) is 10.1. The van der Waals surface area contributed by atoms with Gasteiger partial charge in [-0.15, -0.1) is 0 Å². The van der Waals surface area contributed by atoms with Gasteiger partial charge in [-0.3, -0.25) is 9.59 Å². The summed E-state index contributed by atoms with van der Waals surface area (Å²) >= 11 is 0. The summed E-state index contributed by atoms with van der Waals surface area (Å²) in [7, 11) is 2.60. The van der Waals surface area contributed by atoms with E-state index < -0.39 is 24.3 Å². The molecule has 8 rings (SSSR count). The molecule has 3 fully saturated rings. The van der Waals surface area contributed by atoms with Gasteiger partial charge in [0.15, 0.2) is 0 Å². The Balaban J connectivity index is 0.901. The highest BCUT2D eigenvalue weighted by Crippen LogP contribution is 2.42. The molecule has 2 aromatic heterocycles. The van der Waals surface area contributed by atoms with Gasteiger partial charge in [0.2, 0.25) is 11.8 Å². The van der Waals surface area contributed by atoms with Gasteiger partial charge in [0.25, 0.3) is 0 Å². The number of aromatic amines is 2. The smallest absolute Gasteiger partial charge is 0.407 e. The van der Waals surface area contributed by atoms with E-state index in [4.69, 9.17) is 28.9 Å². The molecule has 1 saturated carbocycles. The van der Waals surface area contributed by atoms with Crippen molar-refractivity contribution in [3.05, 3.63) is 83.2 Å². The molecule has 5 atom stereocenters. The number of rotatable bonds is 11. The van der Waals surface area contributed by atoms with Gasteiger partial charge in [0, 0.05) is 38.3 Å². The van der Waals surface area contributed by atoms with Gasteiger partial charge >= 0.3 is 12.2 Å². The Morgan fingerprint density at radius 1 is 0.712 bits per heavy atom. The Bertz CT molecular complexity index is 2300. The molecule has 16 heteroatoms. The van der Waals surface area contributed by atoms with Gasteiger partial charge in [0.05, 0.1) is 62.3 Å². The minimum Gasteiger partial charge on any atom is -0.453 e. The molecule has 1 aliphatic carbocycles. The second-order valence-corrected chi connectivity index (χ2v) is 19.0. The van der Waals surface area contributed by atoms with Crippen molar-refractivity contribution >= 4 is 24.0 Å². The average Bonchev–Trinajstić information content (AvgIpc) is 4.17. The van der Waals surface area contributed by atoms with E-state index in [9.17, 15) is 19.2 Å². The van der Waals surface area contributed by atoms with Gasteiger partial charge in [-0.25, -0.2) is 19.6 Å². The number of alkyl carbamates (subject to hydrolysis) is 2. The molecule has 66 heavy (non-hydrogen) atoms. The number of methoxy groups -OCH3 is 2. The van der Waals surface area contributed by atoms with Crippen molar-refractivity contribution in [2.24, 2.45) is 11.8 Å². The minimum absolute atomic E-state index is 0.0958. The standard InChI is InChI=1S/C50H66N8O8/c1-29(2)42(55-49(61)63-5)47(59)57-22-7-9-40(57)45-51-26-38(52-45)35-18-14-33(15-19-35)31-10-12-32(13-11-31)34-16-20-36(21-17-34)44-39-28-65-23-8-24-66-37-25-41(46(53-39)54-44)58(27-37)48(60)43(30(3)4)56-50(62)64-6/h14-21,26,29-32,37,40-43H,7-13,22-25,27-28H2,1-6H3,(H,51,52)(H,53,54)(H,55,61)(H,56,62)/t31?,32?,37-,40-,41-,42+,43-/m0/s1. The van der Waals surface area contributed by atoms with Crippen LogP contribution in [0.15, 0.2) is 54.7 Å². The molecular weight excluding hydrogens is 841 g/mol. The normalized spacial score (nSPS) is 23.2. The van der Waals surface area contributed by atoms with Crippen LogP contribution in [0.4, 0.5) is 9.59 Å². The molecule has 3 aliphatic heterocycles. The number of carbonyl (C=O) groups is 4. The number of fused-ring (bicyclic) bond motifs is 5. The molecule has 4 amide bonds. The van der Waals surface area contributed by atoms with E-state index >= 15 is 0 Å². The number of benzene rings is 2. The molecule has 0 unspecified atom stereocenters. The monoisotopic (exact) mass is 907 g/mol. The molecule has 4 bridgehead atoms. The van der Waals surface area contributed by atoms with Crippen LogP contribution in [0, 0.1) is 11.8 Å². The number of carbonyl (C=O) groups excluding carboxylic acids is 4. The summed E-state index contributed by atoms with van der Waals surface area (Å²) in [5.74, 6) is 1.83. The van der Waals surface area contributed by atoms with E-state index in [2.05, 4.69) is 69.1 Å². The van der Waals surface area contributed by atoms with Crippen molar-refractivity contribution in [2.45, 2.75) is 128 Å². The van der Waals surface area contributed by atoms with Crippen molar-refractivity contribution in [3.63, 3.8) is 0 Å². The number of likely N-dealkylation sites (tertiary alicyclic amines) is 2. The average molecular weight is 907 g/mol. The fourth-order valence-corrected chi connectivity index (χ4v) is 10.3. The van der Waals surface area contributed by atoms with E-state index in [-0.39, 0.29) is 41.8 Å². The molecule has 16 nitrogen and oxygen atoms in total. The van der Waals surface area contributed by atoms with Crippen LogP contribution in [-0.4, -0.2) is 112 Å². The number of ether oxygens (including phenoxy) is 4. The summed E-state index contributed by atoms with van der Waals surface area (Å²) in [5.41, 5.74) is 7.32. The van der Waals surface area contributed by atoms with Crippen LogP contribution in [0.3, 0.4) is 0 Å². The third-order valence-electron chi connectivity index (χ3n) is 14.0. The lowest BCUT2D eigenvalue weighted by Crippen LogP contribution is -2.51. The fourth-order valence-electron chi connectivity index (χ4n) is 10.3. The van der Waals surface area contributed by atoms with Gasteiger partial charge in [-0.2, -0.15) is 0 Å². The molecule has 0 radical (unpaired) electrons. The quantitative estimate of drug-likeness (QED) is 0.115. The number of H-pyrrole nitrogens is 2. The Kier molecular flexibility index (Phi) is 14.8. The lowest BCUT2D eigenvalue weighted by molar-refractivity contribution is -0.136. The zero-order chi connectivity index (χ0) is 46.5. The number of nitrogens with one attached hydrogen (secondary N) is 4. The Labute approximate surface area is 387 Å². The first-order valence-corrected chi connectivity index (χ1v) is 23.8. The summed E-state index contributed by atoms with van der Waals surface area (Å²) in [6.07, 6.45) is 7.84. The maximum atomic E-state index is 14.1. The molecule has 0 spiro atoms. The molecule has 354 valence electrons. The van der Waals surface area contributed by atoms with Crippen molar-refractivity contribution in [3.8, 4) is 22.5 Å². The van der Waals surface area contributed by atoms with E-state index in [1.54, 1.807) is 4.90 Å². The predicted octanol–water partition coefficient (Wildman–Crippen LogP) is 7.91. The number of aromatic nitrogens is 4. The molecule has 4 N–H and O–H groups in total. The number of hydrogen-bond acceptors (Lipinski definition) is 10. The maximum Gasteiger partial charge on any atom is 0.407 e. The van der Waals surface area contributed by atoms with Crippen LogP contribution >= 0.6 is 0 Å². The van der Waals surface area contributed by atoms with Gasteiger partial charge in [-0.05, 0) is 85.3 Å². The summed E-state index contributed by atoms with van der Waals surface area (Å²) in [5, 5.41) is 5.46. The van der Waals surface area contributed by atoms with Crippen molar-refractivity contribution in [1.82, 2.24) is 40.4 Å². The van der Waals surface area contributed by atoms with Crippen molar-refractivity contribution in [2.75, 3.05) is 40.5 Å². The first-order valence-electron chi connectivity index (χ1n) is 23.8. The predicted molar refractivity (Wildman–Crippen MR) is 247 cm³/mol. The van der Waals surface area contributed by atoms with Crippen molar-refractivity contribution < 1.29 is 38.1 Å². The molecular formula is C50H66N8O8. The van der Waals surface area contributed by atoms with Crippen LogP contribution in [0.2, 0.25) is 0 Å². The summed E-state index contributed by atoms with van der Waals surface area (Å²) in [6, 6.07) is 15.6. The first kappa shape index (κ1) is 46.8. The Morgan fingerprint density at radius 3 is 1.89 bits per heavy atom. The van der Waals surface area contributed by atoms with E-state index in [0.29, 0.717) is 57.0 Å². The summed E-state index contributed by atoms with van der Waals surface area (Å²) in [4.78, 5) is 72.5. The van der Waals surface area contributed by atoms with Crippen LogP contribution in [0.25, 0.3) is 22.5 Å². The highest BCUT2D eigenvalue weighted by atomic mass is 16.5. The Morgan fingerprint density at radius 2 is 1.30 bits per heavy atom. The van der Waals surface area contributed by atoms with Crippen molar-refractivity contribution in [1.29, 1.82) is 0 Å². The molecule has 5 heterocycles. The highest BCUT2D eigenvalue weighted by Gasteiger charge is 2.43. The van der Waals surface area contributed by atoms with Crippen LogP contribution in [-0.2, 0) is 35.1 Å². The number of nitrogens with zero attached hydrogens (tertiary/aromatic N) is 4. The topological polar surface area (TPSA) is 193 Å². The molecule has 4 aromatic rings. The van der Waals surface area contributed by atoms with Crippen LogP contribution < -0.4 is 10.6 Å². The maximum absolute atomic E-state index is 14.1. The lowest BCUT2D eigenvalue weighted by Gasteiger charge is -2.30. The largest absolute Gasteiger partial charge is 0.453 e. The highest BCUT2D eigenvalue weighted by molar-refractivity contribution is 5.87. The lowest BCUT2D eigenvalue weighted by atomic mass is 9.76. The molecule has 2 aromatic carbocycles. The van der Waals surface area contributed by atoms with E-state index in [1.807, 2.05) is 38.8 Å². The second kappa shape index (κ2) is 20.8. The van der Waals surface area contributed by atoms with Crippen LogP contribution in [0.5, 0.6) is 0 Å². The fraction of sp³-hybridized carbons (Fsp3) is 0.560.